The molecule has 0 radical (unpaired) electrons. The van der Waals surface area contributed by atoms with Gasteiger partial charge in [-0.25, -0.2) is 0 Å². The minimum Gasteiger partial charge on any atom is -0.372 e. The molecule has 6 nitrogen and oxygen atoms in total. The minimum atomic E-state index is 0.730. The second-order valence-electron chi connectivity index (χ2n) is 7.53. The molecular formula is C20H28N6. The molecule has 3 heterocycles. The summed E-state index contributed by atoms with van der Waals surface area (Å²) in [4.78, 5) is 9.34. The predicted octanol–water partition coefficient (Wildman–Crippen LogP) is 3.84. The van der Waals surface area contributed by atoms with Crippen LogP contribution in [0.2, 0.25) is 0 Å². The standard InChI is InChI=1S/C20H28N6/c1-16-9-13-25(14-10-16)18-7-5-17(6-8-18)22-19-15-21-24-20(23-19)26-11-3-2-4-12-26/h5-8,15-16H,2-4,9-14H2,1H3,(H,22,23,24). The first-order valence-corrected chi connectivity index (χ1v) is 9.85. The quantitative estimate of drug-likeness (QED) is 0.902. The molecule has 2 aliphatic rings. The smallest absolute Gasteiger partial charge is 0.247 e. The average molecular weight is 352 g/mol. The van der Waals surface area contributed by atoms with E-state index in [-0.39, 0.29) is 0 Å². The highest BCUT2D eigenvalue weighted by molar-refractivity contribution is 5.61. The number of benzene rings is 1. The molecule has 0 spiro atoms. The summed E-state index contributed by atoms with van der Waals surface area (Å²) in [5.74, 6) is 2.33. The Morgan fingerprint density at radius 1 is 0.923 bits per heavy atom. The summed E-state index contributed by atoms with van der Waals surface area (Å²) in [5, 5.41) is 11.7. The third-order valence-electron chi connectivity index (χ3n) is 5.48. The zero-order valence-electron chi connectivity index (χ0n) is 15.6. The van der Waals surface area contributed by atoms with Crippen LogP contribution in [-0.4, -0.2) is 41.4 Å². The van der Waals surface area contributed by atoms with Crippen molar-refractivity contribution >= 4 is 23.1 Å². The Labute approximate surface area is 155 Å². The van der Waals surface area contributed by atoms with Gasteiger partial charge < -0.3 is 15.1 Å². The largest absolute Gasteiger partial charge is 0.372 e. The molecule has 2 saturated heterocycles. The molecule has 0 atom stereocenters. The van der Waals surface area contributed by atoms with Crippen LogP contribution in [0.15, 0.2) is 30.5 Å². The molecule has 0 amide bonds. The van der Waals surface area contributed by atoms with Gasteiger partial charge in [-0.1, -0.05) is 6.92 Å². The van der Waals surface area contributed by atoms with Gasteiger partial charge in [0.1, 0.15) is 0 Å². The van der Waals surface area contributed by atoms with E-state index in [1.807, 2.05) is 0 Å². The molecule has 0 aliphatic carbocycles. The van der Waals surface area contributed by atoms with Crippen LogP contribution in [-0.2, 0) is 0 Å². The molecule has 2 aromatic rings. The van der Waals surface area contributed by atoms with Crippen molar-refractivity contribution in [2.75, 3.05) is 41.3 Å². The van der Waals surface area contributed by atoms with Gasteiger partial charge in [0.2, 0.25) is 5.95 Å². The van der Waals surface area contributed by atoms with Crippen molar-refractivity contribution in [2.45, 2.75) is 39.0 Å². The summed E-state index contributed by atoms with van der Waals surface area (Å²) >= 11 is 0. The molecule has 2 fully saturated rings. The maximum Gasteiger partial charge on any atom is 0.247 e. The van der Waals surface area contributed by atoms with E-state index in [0.29, 0.717) is 0 Å². The number of hydrogen-bond donors (Lipinski definition) is 1. The molecule has 1 N–H and O–H groups in total. The molecule has 138 valence electrons. The normalized spacial score (nSPS) is 18.8. The van der Waals surface area contributed by atoms with Gasteiger partial charge in [0.15, 0.2) is 5.82 Å². The highest BCUT2D eigenvalue weighted by atomic mass is 15.3. The van der Waals surface area contributed by atoms with E-state index in [1.54, 1.807) is 6.20 Å². The molecule has 1 aromatic carbocycles. The van der Waals surface area contributed by atoms with Gasteiger partial charge in [-0.05, 0) is 62.3 Å². The van der Waals surface area contributed by atoms with Gasteiger partial charge in [-0.15, -0.1) is 5.10 Å². The van der Waals surface area contributed by atoms with Crippen LogP contribution in [0.25, 0.3) is 0 Å². The van der Waals surface area contributed by atoms with Crippen molar-refractivity contribution in [2.24, 2.45) is 5.92 Å². The first-order valence-electron chi connectivity index (χ1n) is 9.85. The third-order valence-corrected chi connectivity index (χ3v) is 5.48. The topological polar surface area (TPSA) is 57.2 Å². The van der Waals surface area contributed by atoms with Crippen LogP contribution in [0.3, 0.4) is 0 Å². The monoisotopic (exact) mass is 352 g/mol. The molecule has 6 heteroatoms. The van der Waals surface area contributed by atoms with E-state index in [4.69, 9.17) is 0 Å². The summed E-state index contributed by atoms with van der Waals surface area (Å²) in [5.41, 5.74) is 2.33. The SMILES string of the molecule is CC1CCN(c2ccc(Nc3cnnc(N4CCCCC4)n3)cc2)CC1. The Bertz CT molecular complexity index is 702. The van der Waals surface area contributed by atoms with E-state index in [0.717, 1.165) is 49.6 Å². The number of hydrogen-bond acceptors (Lipinski definition) is 6. The molecule has 1 aromatic heterocycles. The molecule has 4 rings (SSSR count). The summed E-state index contributed by atoms with van der Waals surface area (Å²) < 4.78 is 0. The Morgan fingerprint density at radius 2 is 1.65 bits per heavy atom. The zero-order valence-corrected chi connectivity index (χ0v) is 15.6. The lowest BCUT2D eigenvalue weighted by Crippen LogP contribution is -2.32. The zero-order chi connectivity index (χ0) is 17.8. The fraction of sp³-hybridized carbons (Fsp3) is 0.550. The van der Waals surface area contributed by atoms with Crippen molar-refractivity contribution in [3.8, 4) is 0 Å². The third kappa shape index (κ3) is 4.06. The number of piperidine rings is 2. The van der Waals surface area contributed by atoms with Gasteiger partial charge >= 0.3 is 0 Å². The maximum atomic E-state index is 4.64. The van der Waals surface area contributed by atoms with Gasteiger partial charge in [0.05, 0.1) is 6.20 Å². The van der Waals surface area contributed by atoms with Gasteiger partial charge in [0, 0.05) is 37.6 Å². The first kappa shape index (κ1) is 17.1. The van der Waals surface area contributed by atoms with E-state index in [9.17, 15) is 0 Å². The number of rotatable bonds is 4. The lowest BCUT2D eigenvalue weighted by Gasteiger charge is -2.32. The summed E-state index contributed by atoms with van der Waals surface area (Å²) in [6.45, 7) is 6.70. The number of nitrogens with zero attached hydrogens (tertiary/aromatic N) is 5. The van der Waals surface area contributed by atoms with Crippen molar-refractivity contribution < 1.29 is 0 Å². The van der Waals surface area contributed by atoms with Crippen LogP contribution >= 0.6 is 0 Å². The number of anilines is 4. The molecule has 0 saturated carbocycles. The van der Waals surface area contributed by atoms with Crippen molar-refractivity contribution in [3.63, 3.8) is 0 Å². The average Bonchev–Trinajstić information content (AvgIpc) is 2.70. The predicted molar refractivity (Wildman–Crippen MR) is 106 cm³/mol. The Hall–Kier alpha value is -2.37. The fourth-order valence-corrected chi connectivity index (χ4v) is 3.75. The molecular weight excluding hydrogens is 324 g/mol. The Morgan fingerprint density at radius 3 is 2.38 bits per heavy atom. The fourth-order valence-electron chi connectivity index (χ4n) is 3.75. The van der Waals surface area contributed by atoms with E-state index in [2.05, 4.69) is 61.5 Å². The second kappa shape index (κ2) is 7.89. The van der Waals surface area contributed by atoms with Crippen molar-refractivity contribution in [1.29, 1.82) is 0 Å². The van der Waals surface area contributed by atoms with E-state index < -0.39 is 0 Å². The number of aromatic nitrogens is 3. The second-order valence-corrected chi connectivity index (χ2v) is 7.53. The van der Waals surface area contributed by atoms with Gasteiger partial charge in [-0.2, -0.15) is 10.1 Å². The van der Waals surface area contributed by atoms with Crippen LogP contribution in [0.1, 0.15) is 39.0 Å². The molecule has 2 aliphatic heterocycles. The highest BCUT2D eigenvalue weighted by Crippen LogP contribution is 2.25. The number of nitrogens with one attached hydrogen (secondary N) is 1. The lowest BCUT2D eigenvalue weighted by molar-refractivity contribution is 0.438. The summed E-state index contributed by atoms with van der Waals surface area (Å²) in [6.07, 6.45) is 7.96. The summed E-state index contributed by atoms with van der Waals surface area (Å²) in [7, 11) is 0. The lowest BCUT2D eigenvalue weighted by atomic mass is 9.99. The van der Waals surface area contributed by atoms with E-state index in [1.165, 1.54) is 37.8 Å². The van der Waals surface area contributed by atoms with Crippen LogP contribution in [0.4, 0.5) is 23.1 Å². The van der Waals surface area contributed by atoms with E-state index >= 15 is 0 Å². The molecule has 0 bridgehead atoms. The minimum absolute atomic E-state index is 0.730. The first-order chi connectivity index (χ1) is 12.8. The van der Waals surface area contributed by atoms with Gasteiger partial charge in [-0.3, -0.25) is 0 Å². The molecule has 0 unspecified atom stereocenters. The van der Waals surface area contributed by atoms with Crippen molar-refractivity contribution in [1.82, 2.24) is 15.2 Å². The summed E-state index contributed by atoms with van der Waals surface area (Å²) in [6, 6.07) is 8.63. The van der Waals surface area contributed by atoms with Crippen LogP contribution < -0.4 is 15.1 Å². The van der Waals surface area contributed by atoms with Crippen LogP contribution in [0, 0.1) is 5.92 Å². The van der Waals surface area contributed by atoms with Crippen LogP contribution in [0.5, 0.6) is 0 Å². The highest BCUT2D eigenvalue weighted by Gasteiger charge is 2.16. The Kier molecular flexibility index (Phi) is 5.18. The maximum absolute atomic E-state index is 4.64. The Balaban J connectivity index is 1.41. The van der Waals surface area contributed by atoms with Gasteiger partial charge in [0.25, 0.3) is 0 Å². The molecule has 26 heavy (non-hydrogen) atoms. The van der Waals surface area contributed by atoms with Crippen molar-refractivity contribution in [3.05, 3.63) is 30.5 Å².